The molecule has 1 aromatic heterocycles. The van der Waals surface area contributed by atoms with Crippen molar-refractivity contribution in [3.8, 4) is 0 Å². The minimum Gasteiger partial charge on any atom is -0.331 e. The summed E-state index contributed by atoms with van der Waals surface area (Å²) in [5.41, 5.74) is 1.12. The van der Waals surface area contributed by atoms with Crippen LogP contribution in [-0.4, -0.2) is 71.8 Å². The first kappa shape index (κ1) is 13.9. The minimum atomic E-state index is 0.0716. The topological polar surface area (TPSA) is 44.6 Å². The second-order valence-corrected chi connectivity index (χ2v) is 5.57. The molecule has 1 atom stereocenters. The SMILES string of the molecule is CN(C)CC[C@@H]1CN(C(=O)N(C)C)Cc2ccnn21. The molecular formula is C13H23N5O. The number of carbonyl (C=O) groups is 1. The number of fused-ring (bicyclic) bond motifs is 1. The highest BCUT2D eigenvalue weighted by Crippen LogP contribution is 2.23. The van der Waals surface area contributed by atoms with E-state index in [0.29, 0.717) is 6.54 Å². The average Bonchev–Trinajstić information content (AvgIpc) is 2.82. The maximum atomic E-state index is 12.1. The van der Waals surface area contributed by atoms with E-state index in [1.54, 1.807) is 19.0 Å². The van der Waals surface area contributed by atoms with Crippen molar-refractivity contribution in [1.82, 2.24) is 24.5 Å². The van der Waals surface area contributed by atoms with Crippen LogP contribution in [0.4, 0.5) is 4.79 Å². The highest BCUT2D eigenvalue weighted by atomic mass is 16.2. The van der Waals surface area contributed by atoms with Gasteiger partial charge in [0.1, 0.15) is 0 Å². The van der Waals surface area contributed by atoms with Crippen molar-refractivity contribution >= 4 is 6.03 Å². The molecule has 106 valence electrons. The molecule has 0 spiro atoms. The summed E-state index contributed by atoms with van der Waals surface area (Å²) in [5.74, 6) is 0. The van der Waals surface area contributed by atoms with Gasteiger partial charge in [0.15, 0.2) is 0 Å². The summed E-state index contributed by atoms with van der Waals surface area (Å²) in [7, 11) is 7.72. The van der Waals surface area contributed by atoms with E-state index in [1.807, 2.05) is 17.2 Å². The van der Waals surface area contributed by atoms with E-state index in [9.17, 15) is 4.79 Å². The molecule has 0 unspecified atom stereocenters. The summed E-state index contributed by atoms with van der Waals surface area (Å²) in [6.07, 6.45) is 2.82. The Morgan fingerprint density at radius 2 is 2.16 bits per heavy atom. The molecule has 0 bridgehead atoms. The second kappa shape index (κ2) is 5.61. The highest BCUT2D eigenvalue weighted by molar-refractivity contribution is 5.74. The molecule has 1 aliphatic heterocycles. The van der Waals surface area contributed by atoms with Crippen molar-refractivity contribution in [2.24, 2.45) is 0 Å². The first-order valence-corrected chi connectivity index (χ1v) is 6.62. The van der Waals surface area contributed by atoms with E-state index in [2.05, 4.69) is 28.8 Å². The predicted molar refractivity (Wildman–Crippen MR) is 73.9 cm³/mol. The Kier molecular flexibility index (Phi) is 4.09. The van der Waals surface area contributed by atoms with Crippen molar-refractivity contribution in [3.05, 3.63) is 18.0 Å². The number of hydrogen-bond donors (Lipinski definition) is 0. The number of amides is 2. The molecule has 6 heteroatoms. The lowest BCUT2D eigenvalue weighted by Crippen LogP contribution is -2.46. The standard InChI is InChI=1S/C13H23N5O/c1-15(2)8-6-12-10-17(13(19)16(3)4)9-11-5-7-14-18(11)12/h5,7,12H,6,8-10H2,1-4H3/t12-/m1/s1. The van der Waals surface area contributed by atoms with E-state index < -0.39 is 0 Å². The van der Waals surface area contributed by atoms with Gasteiger partial charge in [-0.05, 0) is 33.1 Å². The molecule has 1 aromatic rings. The van der Waals surface area contributed by atoms with Crippen LogP contribution in [0.15, 0.2) is 12.3 Å². The fourth-order valence-corrected chi connectivity index (χ4v) is 2.44. The van der Waals surface area contributed by atoms with Crippen LogP contribution in [0, 0.1) is 0 Å². The maximum absolute atomic E-state index is 12.1. The van der Waals surface area contributed by atoms with E-state index >= 15 is 0 Å². The van der Waals surface area contributed by atoms with Gasteiger partial charge in [0, 0.05) is 26.8 Å². The zero-order valence-corrected chi connectivity index (χ0v) is 12.2. The largest absolute Gasteiger partial charge is 0.331 e. The molecule has 2 amide bonds. The van der Waals surface area contributed by atoms with Gasteiger partial charge in [-0.2, -0.15) is 5.10 Å². The summed E-state index contributed by atoms with van der Waals surface area (Å²) in [6, 6.07) is 2.34. The van der Waals surface area contributed by atoms with Gasteiger partial charge in [0.05, 0.1) is 18.3 Å². The Morgan fingerprint density at radius 3 is 2.79 bits per heavy atom. The van der Waals surface area contributed by atoms with Crippen LogP contribution in [0.1, 0.15) is 18.2 Å². The van der Waals surface area contributed by atoms with E-state index in [1.165, 1.54) is 0 Å². The monoisotopic (exact) mass is 265 g/mol. The first-order chi connectivity index (χ1) is 8.99. The lowest BCUT2D eigenvalue weighted by molar-refractivity contribution is 0.137. The van der Waals surface area contributed by atoms with Gasteiger partial charge in [-0.3, -0.25) is 4.68 Å². The smallest absolute Gasteiger partial charge is 0.319 e. The van der Waals surface area contributed by atoms with Crippen molar-refractivity contribution in [2.75, 3.05) is 41.3 Å². The molecule has 1 aliphatic rings. The lowest BCUT2D eigenvalue weighted by Gasteiger charge is -2.35. The minimum absolute atomic E-state index is 0.0716. The summed E-state index contributed by atoms with van der Waals surface area (Å²) >= 11 is 0. The van der Waals surface area contributed by atoms with Crippen molar-refractivity contribution < 1.29 is 4.79 Å². The molecule has 6 nitrogen and oxygen atoms in total. The van der Waals surface area contributed by atoms with Gasteiger partial charge < -0.3 is 14.7 Å². The Labute approximate surface area is 114 Å². The van der Waals surface area contributed by atoms with Crippen LogP contribution in [0.3, 0.4) is 0 Å². The van der Waals surface area contributed by atoms with Crippen LogP contribution in [0.25, 0.3) is 0 Å². The fourth-order valence-electron chi connectivity index (χ4n) is 2.44. The van der Waals surface area contributed by atoms with Crippen molar-refractivity contribution in [3.63, 3.8) is 0 Å². The van der Waals surface area contributed by atoms with Crippen LogP contribution in [0.5, 0.6) is 0 Å². The molecule has 0 N–H and O–H groups in total. The molecule has 2 heterocycles. The summed E-state index contributed by atoms with van der Waals surface area (Å²) in [5, 5.41) is 4.40. The third-order valence-corrected chi connectivity index (χ3v) is 3.44. The number of rotatable bonds is 3. The number of aromatic nitrogens is 2. The lowest BCUT2D eigenvalue weighted by atomic mass is 10.1. The zero-order valence-electron chi connectivity index (χ0n) is 12.2. The van der Waals surface area contributed by atoms with Crippen molar-refractivity contribution in [1.29, 1.82) is 0 Å². The fraction of sp³-hybridized carbons (Fsp3) is 0.692. The average molecular weight is 265 g/mol. The maximum Gasteiger partial charge on any atom is 0.319 e. The summed E-state index contributed by atoms with van der Waals surface area (Å²) in [6.45, 7) is 2.38. The Balaban J connectivity index is 2.13. The second-order valence-electron chi connectivity index (χ2n) is 5.57. The summed E-state index contributed by atoms with van der Waals surface area (Å²) in [4.78, 5) is 17.8. The van der Waals surface area contributed by atoms with Crippen LogP contribution < -0.4 is 0 Å². The van der Waals surface area contributed by atoms with Crippen LogP contribution >= 0.6 is 0 Å². The molecule has 0 saturated carbocycles. The highest BCUT2D eigenvalue weighted by Gasteiger charge is 2.28. The Morgan fingerprint density at radius 1 is 1.42 bits per heavy atom. The Bertz CT molecular complexity index is 440. The van der Waals surface area contributed by atoms with Crippen LogP contribution in [0.2, 0.25) is 0 Å². The van der Waals surface area contributed by atoms with E-state index in [4.69, 9.17) is 0 Å². The van der Waals surface area contributed by atoms with Gasteiger partial charge in [0.25, 0.3) is 0 Å². The molecule has 0 saturated heterocycles. The third kappa shape index (κ3) is 3.07. The summed E-state index contributed by atoms with van der Waals surface area (Å²) < 4.78 is 2.07. The van der Waals surface area contributed by atoms with E-state index in [-0.39, 0.29) is 12.1 Å². The van der Waals surface area contributed by atoms with Gasteiger partial charge >= 0.3 is 6.03 Å². The molecule has 0 radical (unpaired) electrons. The zero-order chi connectivity index (χ0) is 14.0. The number of hydrogen-bond acceptors (Lipinski definition) is 3. The predicted octanol–water partition coefficient (Wildman–Crippen LogP) is 0.873. The normalized spacial score (nSPS) is 18.6. The van der Waals surface area contributed by atoms with Crippen LogP contribution in [-0.2, 0) is 6.54 Å². The van der Waals surface area contributed by atoms with Gasteiger partial charge in [-0.25, -0.2) is 4.79 Å². The van der Waals surface area contributed by atoms with Gasteiger partial charge in [-0.15, -0.1) is 0 Å². The molecule has 0 aromatic carbocycles. The quantitative estimate of drug-likeness (QED) is 0.814. The molecular weight excluding hydrogens is 242 g/mol. The van der Waals surface area contributed by atoms with Gasteiger partial charge in [0.2, 0.25) is 0 Å². The molecule has 2 rings (SSSR count). The Hall–Kier alpha value is -1.56. The third-order valence-electron chi connectivity index (χ3n) is 3.44. The first-order valence-electron chi connectivity index (χ1n) is 6.62. The number of urea groups is 1. The molecule has 0 aliphatic carbocycles. The molecule has 0 fully saturated rings. The number of carbonyl (C=O) groups excluding carboxylic acids is 1. The molecule has 19 heavy (non-hydrogen) atoms. The number of nitrogens with zero attached hydrogens (tertiary/aromatic N) is 5. The van der Waals surface area contributed by atoms with Crippen molar-refractivity contribution in [2.45, 2.75) is 19.0 Å². The van der Waals surface area contributed by atoms with Gasteiger partial charge in [-0.1, -0.05) is 0 Å². The van der Waals surface area contributed by atoms with E-state index in [0.717, 1.165) is 25.2 Å².